The van der Waals surface area contributed by atoms with E-state index in [1.54, 1.807) is 26.5 Å². The number of methoxy groups -OCH3 is 3. The number of hydrogen-bond donors (Lipinski definition) is 1. The van der Waals surface area contributed by atoms with Crippen LogP contribution < -0.4 is 19.1 Å². The third-order valence-electron chi connectivity index (χ3n) is 9.51. The van der Waals surface area contributed by atoms with Gasteiger partial charge in [0.15, 0.2) is 11.5 Å². The molecular weight excluding hydrogens is 558 g/mol. The minimum Gasteiger partial charge on any atom is -0.493 e. The van der Waals surface area contributed by atoms with Gasteiger partial charge in [-0.05, 0) is 54.8 Å². The van der Waals surface area contributed by atoms with Gasteiger partial charge < -0.3 is 28.8 Å². The Kier molecular flexibility index (Phi) is 7.55. The van der Waals surface area contributed by atoms with Crippen LogP contribution in [0.2, 0.25) is 0 Å². The van der Waals surface area contributed by atoms with Crippen LogP contribution >= 0.6 is 0 Å². The molecule has 1 saturated carbocycles. The number of nitrogens with one attached hydrogen (secondary N) is 1. The smallest absolute Gasteiger partial charge is 0.341 e. The number of carbonyl (C=O) groups is 1. The van der Waals surface area contributed by atoms with Gasteiger partial charge in [-0.3, -0.25) is 9.80 Å². The molecule has 0 atom stereocenters. The number of carbonyl (C=O) groups excluding carboxylic acids is 1. The molecule has 10 nitrogen and oxygen atoms in total. The van der Waals surface area contributed by atoms with Crippen molar-refractivity contribution in [2.24, 2.45) is 5.41 Å². The lowest BCUT2D eigenvalue weighted by atomic mass is 9.60. The monoisotopic (exact) mass is 597 g/mol. The summed E-state index contributed by atoms with van der Waals surface area (Å²) in [6.45, 7) is 7.34. The fourth-order valence-corrected chi connectivity index (χ4v) is 7.10. The third kappa shape index (κ3) is 5.44. The second kappa shape index (κ2) is 11.7. The molecule has 1 N–H and O–H groups in total. The van der Waals surface area contributed by atoms with Crippen LogP contribution in [0, 0.1) is 5.41 Å². The molecule has 0 amide bonds. The molecule has 0 unspecified atom stereocenters. The first kappa shape index (κ1) is 28.5. The number of esters is 1. The highest BCUT2D eigenvalue weighted by molar-refractivity contribution is 5.93. The molecule has 7 rings (SSSR count). The van der Waals surface area contributed by atoms with E-state index in [-0.39, 0.29) is 0 Å². The Morgan fingerprint density at radius 2 is 1.73 bits per heavy atom. The summed E-state index contributed by atoms with van der Waals surface area (Å²) in [6, 6.07) is 16.5. The van der Waals surface area contributed by atoms with Crippen LogP contribution in [0.4, 0.5) is 5.69 Å². The molecule has 2 aromatic heterocycles. The molecule has 2 aromatic carbocycles. The fraction of sp³-hybridized carbons (Fsp3) is 0.412. The molecule has 10 heteroatoms. The second-order valence-electron chi connectivity index (χ2n) is 12.3. The van der Waals surface area contributed by atoms with Crippen LogP contribution in [0.5, 0.6) is 23.0 Å². The van der Waals surface area contributed by atoms with Gasteiger partial charge in [0.05, 0.1) is 27.5 Å². The van der Waals surface area contributed by atoms with Gasteiger partial charge in [0.2, 0.25) is 0 Å². The van der Waals surface area contributed by atoms with E-state index >= 15 is 0 Å². The van der Waals surface area contributed by atoms with Crippen molar-refractivity contribution in [1.29, 1.82) is 0 Å². The molecule has 1 aliphatic carbocycles. The fourth-order valence-electron chi connectivity index (χ4n) is 7.10. The topological polar surface area (TPSA) is 92.4 Å². The van der Waals surface area contributed by atoms with E-state index in [4.69, 9.17) is 18.9 Å². The summed E-state index contributed by atoms with van der Waals surface area (Å²) in [5, 5.41) is 0.946. The molecule has 2 aliphatic heterocycles. The lowest BCUT2D eigenvalue weighted by Crippen LogP contribution is -2.68. The van der Waals surface area contributed by atoms with Crippen LogP contribution in [-0.4, -0.2) is 92.4 Å². The molecular formula is C34H39N5O5. The number of hydrogen-bond acceptors (Lipinski definition) is 9. The molecule has 3 fully saturated rings. The van der Waals surface area contributed by atoms with E-state index in [0.29, 0.717) is 28.5 Å². The van der Waals surface area contributed by atoms with E-state index in [1.165, 1.54) is 25.5 Å². The Hall–Kier alpha value is -4.28. The molecule has 3 aliphatic rings. The Labute approximate surface area is 257 Å². The van der Waals surface area contributed by atoms with Gasteiger partial charge in [0, 0.05) is 80.6 Å². The second-order valence-corrected chi connectivity index (χ2v) is 12.3. The van der Waals surface area contributed by atoms with Gasteiger partial charge in [-0.25, -0.2) is 9.78 Å². The summed E-state index contributed by atoms with van der Waals surface area (Å²) in [7, 11) is 4.74. The Morgan fingerprint density at radius 1 is 0.932 bits per heavy atom. The van der Waals surface area contributed by atoms with E-state index in [2.05, 4.69) is 36.8 Å². The predicted molar refractivity (Wildman–Crippen MR) is 168 cm³/mol. The first-order valence-corrected chi connectivity index (χ1v) is 15.2. The zero-order valence-electron chi connectivity index (χ0n) is 25.5. The normalized spacial score (nSPS) is 18.6. The van der Waals surface area contributed by atoms with Gasteiger partial charge >= 0.3 is 5.97 Å². The highest BCUT2D eigenvalue weighted by Gasteiger charge is 2.54. The molecule has 0 radical (unpaired) electrons. The van der Waals surface area contributed by atoms with Crippen molar-refractivity contribution >= 4 is 22.7 Å². The molecule has 2 saturated heterocycles. The molecule has 44 heavy (non-hydrogen) atoms. The van der Waals surface area contributed by atoms with Gasteiger partial charge in [-0.1, -0.05) is 6.07 Å². The average molecular weight is 598 g/mol. The standard InChI is InChI=1S/C34H39N5O5/c1-41-29-7-4-23(14-31(29)42-2)20-37-10-12-38(13-11-37)26-17-34(18-26)21-39(22-34)25-5-6-28(33(40)43-3)30(16-25)44-27-15-24-8-9-35-32(24)36-19-27/h4-9,14-16,19,26H,10-13,17-18,20-22H2,1-3H3,(H,35,36). The van der Waals surface area contributed by atoms with E-state index in [1.807, 2.05) is 36.5 Å². The maximum Gasteiger partial charge on any atom is 0.341 e. The number of pyridine rings is 1. The average Bonchev–Trinajstić information content (AvgIpc) is 3.48. The number of H-pyrrole nitrogens is 1. The largest absolute Gasteiger partial charge is 0.493 e. The number of aromatic nitrogens is 2. The third-order valence-corrected chi connectivity index (χ3v) is 9.51. The zero-order chi connectivity index (χ0) is 30.3. The molecule has 230 valence electrons. The summed E-state index contributed by atoms with van der Waals surface area (Å²) in [5.74, 6) is 2.18. The quantitative estimate of drug-likeness (QED) is 0.269. The van der Waals surface area contributed by atoms with Crippen LogP contribution in [0.25, 0.3) is 11.0 Å². The Morgan fingerprint density at radius 3 is 2.48 bits per heavy atom. The van der Waals surface area contributed by atoms with Crippen molar-refractivity contribution in [3.8, 4) is 23.0 Å². The van der Waals surface area contributed by atoms with Crippen LogP contribution in [-0.2, 0) is 11.3 Å². The number of ether oxygens (including phenoxy) is 4. The number of piperazine rings is 1. The van der Waals surface area contributed by atoms with Gasteiger partial charge in [-0.2, -0.15) is 0 Å². The molecule has 0 bridgehead atoms. The van der Waals surface area contributed by atoms with Crippen molar-refractivity contribution in [1.82, 2.24) is 19.8 Å². The molecule has 4 heterocycles. The van der Waals surface area contributed by atoms with E-state index < -0.39 is 5.97 Å². The van der Waals surface area contributed by atoms with Crippen molar-refractivity contribution < 1.29 is 23.7 Å². The SMILES string of the molecule is COC(=O)c1ccc(N2CC3(CC(N4CCN(Cc5ccc(OC)c(OC)c5)CC4)C3)C2)cc1Oc1cnc2[nH]ccc2c1. The Balaban J connectivity index is 0.931. The van der Waals surface area contributed by atoms with Gasteiger partial charge in [0.1, 0.15) is 22.7 Å². The number of benzene rings is 2. The Bertz CT molecular complexity index is 1650. The minimum atomic E-state index is -0.423. The van der Waals surface area contributed by atoms with Gasteiger partial charge in [0.25, 0.3) is 0 Å². The maximum atomic E-state index is 12.5. The number of fused-ring (bicyclic) bond motifs is 1. The van der Waals surface area contributed by atoms with Crippen LogP contribution in [0.15, 0.2) is 60.9 Å². The molecule has 4 aromatic rings. The highest BCUT2D eigenvalue weighted by Crippen LogP contribution is 2.52. The minimum absolute atomic E-state index is 0.382. The maximum absolute atomic E-state index is 12.5. The first-order chi connectivity index (χ1) is 21.5. The van der Waals surface area contributed by atoms with Crippen molar-refractivity contribution in [2.75, 3.05) is 65.5 Å². The summed E-state index contributed by atoms with van der Waals surface area (Å²) in [4.78, 5) is 27.6. The lowest BCUT2D eigenvalue weighted by Gasteiger charge is -2.62. The summed E-state index contributed by atoms with van der Waals surface area (Å²) >= 11 is 0. The van der Waals surface area contributed by atoms with Crippen LogP contribution in [0.3, 0.4) is 0 Å². The number of nitrogens with zero attached hydrogens (tertiary/aromatic N) is 4. The summed E-state index contributed by atoms with van der Waals surface area (Å²) in [6.07, 6.45) is 5.99. The van der Waals surface area contributed by atoms with Crippen molar-refractivity contribution in [3.05, 3.63) is 72.1 Å². The zero-order valence-corrected chi connectivity index (χ0v) is 25.5. The number of aromatic amines is 1. The lowest BCUT2D eigenvalue weighted by molar-refractivity contribution is -0.0380. The van der Waals surface area contributed by atoms with E-state index in [0.717, 1.165) is 74.0 Å². The number of rotatable bonds is 9. The first-order valence-electron chi connectivity index (χ1n) is 15.2. The van der Waals surface area contributed by atoms with E-state index in [9.17, 15) is 4.79 Å². The van der Waals surface area contributed by atoms with Gasteiger partial charge in [-0.15, -0.1) is 0 Å². The van der Waals surface area contributed by atoms with Crippen molar-refractivity contribution in [3.63, 3.8) is 0 Å². The summed E-state index contributed by atoms with van der Waals surface area (Å²) < 4.78 is 22.1. The van der Waals surface area contributed by atoms with Crippen molar-refractivity contribution in [2.45, 2.75) is 25.4 Å². The highest BCUT2D eigenvalue weighted by atomic mass is 16.5. The number of anilines is 1. The predicted octanol–water partition coefficient (Wildman–Crippen LogP) is 4.95. The van der Waals surface area contributed by atoms with Crippen LogP contribution in [0.1, 0.15) is 28.8 Å². The molecule has 1 spiro atoms. The summed E-state index contributed by atoms with van der Waals surface area (Å²) in [5.41, 5.74) is 3.88.